The molecule has 0 amide bonds. The molecule has 0 unspecified atom stereocenters. The molecule has 1 aliphatic rings. The molecule has 1 rings (SSSR count). The van der Waals surface area contributed by atoms with Crippen LogP contribution in [0.2, 0.25) is 0 Å². The average Bonchev–Trinajstić information content (AvgIpc) is 1.75. The Bertz CT molecular complexity index is 122. The molecule has 66 valence electrons. The van der Waals surface area contributed by atoms with E-state index in [2.05, 4.69) is 25.7 Å². The molecule has 0 aromatic carbocycles. The van der Waals surface area contributed by atoms with Gasteiger partial charge in [-0.1, -0.05) is 20.8 Å². The van der Waals surface area contributed by atoms with Crippen molar-refractivity contribution >= 4 is 0 Å². The third kappa shape index (κ3) is 3.21. The van der Waals surface area contributed by atoms with Crippen molar-refractivity contribution in [3.05, 3.63) is 0 Å². The highest BCUT2D eigenvalue weighted by Crippen LogP contribution is 2.20. The molecular weight excluding hydrogens is 138 g/mol. The Morgan fingerprint density at radius 2 is 1.91 bits per heavy atom. The van der Waals surface area contributed by atoms with E-state index in [1.807, 2.05) is 0 Å². The predicted molar refractivity (Wildman–Crippen MR) is 46.5 cm³/mol. The molecular formula is C9H19NO. The van der Waals surface area contributed by atoms with Crippen molar-refractivity contribution in [2.45, 2.75) is 33.3 Å². The summed E-state index contributed by atoms with van der Waals surface area (Å²) in [5.74, 6) is 0. The van der Waals surface area contributed by atoms with Crippen molar-refractivity contribution in [1.29, 1.82) is 0 Å². The van der Waals surface area contributed by atoms with E-state index in [0.29, 0.717) is 5.41 Å². The minimum absolute atomic E-state index is 0.0463. The number of aliphatic hydroxyl groups excluding tert-OH is 1. The van der Waals surface area contributed by atoms with Crippen LogP contribution in [0.4, 0.5) is 0 Å². The van der Waals surface area contributed by atoms with Gasteiger partial charge in [0.25, 0.3) is 0 Å². The first-order chi connectivity index (χ1) is 4.97. The molecule has 0 aliphatic carbocycles. The van der Waals surface area contributed by atoms with Crippen molar-refractivity contribution in [3.8, 4) is 0 Å². The number of nitrogens with zero attached hydrogens (tertiary/aromatic N) is 1. The van der Waals surface area contributed by atoms with Gasteiger partial charge < -0.3 is 5.11 Å². The molecule has 0 atom stereocenters. The molecule has 0 radical (unpaired) electrons. The summed E-state index contributed by atoms with van der Waals surface area (Å²) in [7, 11) is 0. The summed E-state index contributed by atoms with van der Waals surface area (Å²) in [5, 5.41) is 9.01. The first-order valence-electron chi connectivity index (χ1n) is 4.38. The van der Waals surface area contributed by atoms with Gasteiger partial charge in [-0.15, -0.1) is 0 Å². The Labute approximate surface area is 69.2 Å². The van der Waals surface area contributed by atoms with Crippen LogP contribution < -0.4 is 0 Å². The molecule has 0 aromatic heterocycles. The Hall–Kier alpha value is -0.0800. The number of rotatable bonds is 2. The lowest BCUT2D eigenvalue weighted by atomic mass is 9.91. The lowest BCUT2D eigenvalue weighted by Gasteiger charge is -2.37. The van der Waals surface area contributed by atoms with Crippen LogP contribution in [0.1, 0.15) is 27.2 Å². The highest BCUT2D eigenvalue weighted by Gasteiger charge is 2.24. The lowest BCUT2D eigenvalue weighted by Crippen LogP contribution is -2.51. The van der Waals surface area contributed by atoms with Crippen LogP contribution in [0.3, 0.4) is 0 Å². The van der Waals surface area contributed by atoms with Gasteiger partial charge >= 0.3 is 0 Å². The molecule has 1 heterocycles. The number of hydrogen-bond donors (Lipinski definition) is 1. The van der Waals surface area contributed by atoms with Gasteiger partial charge in [0.1, 0.15) is 0 Å². The number of hydrogen-bond acceptors (Lipinski definition) is 2. The quantitative estimate of drug-likeness (QED) is 0.649. The van der Waals surface area contributed by atoms with Crippen molar-refractivity contribution < 1.29 is 5.11 Å². The molecule has 0 spiro atoms. The maximum Gasteiger partial charge on any atom is 0.0793 e. The Morgan fingerprint density at radius 1 is 1.36 bits per heavy atom. The molecule has 0 aromatic rings. The first kappa shape index (κ1) is 9.01. The molecule has 1 saturated heterocycles. The van der Waals surface area contributed by atoms with E-state index in [9.17, 15) is 0 Å². The fraction of sp³-hybridized carbons (Fsp3) is 1.00. The second-order valence-corrected chi connectivity index (χ2v) is 4.72. The maximum absolute atomic E-state index is 9.01. The molecule has 11 heavy (non-hydrogen) atoms. The van der Waals surface area contributed by atoms with Gasteiger partial charge in [0.2, 0.25) is 0 Å². The van der Waals surface area contributed by atoms with Crippen molar-refractivity contribution in [2.24, 2.45) is 5.41 Å². The minimum Gasteiger partial charge on any atom is -0.390 e. The number of β-amino-alcohol motifs (C(OH)–C–C–N with tert-alkyl or cyclic N) is 1. The highest BCUT2D eigenvalue weighted by atomic mass is 16.3. The molecule has 1 fully saturated rings. The monoisotopic (exact) mass is 157 g/mol. The highest BCUT2D eigenvalue weighted by molar-refractivity contribution is 4.79. The predicted octanol–water partition coefficient (Wildman–Crippen LogP) is 1.10. The maximum atomic E-state index is 9.01. The molecule has 0 bridgehead atoms. The molecule has 2 nitrogen and oxygen atoms in total. The van der Waals surface area contributed by atoms with Gasteiger partial charge in [-0.3, -0.25) is 4.90 Å². The van der Waals surface area contributed by atoms with E-state index in [1.54, 1.807) is 0 Å². The van der Waals surface area contributed by atoms with E-state index < -0.39 is 0 Å². The fourth-order valence-electron chi connectivity index (χ4n) is 1.22. The zero-order valence-corrected chi connectivity index (χ0v) is 7.80. The van der Waals surface area contributed by atoms with Crippen LogP contribution in [-0.4, -0.2) is 35.7 Å². The van der Waals surface area contributed by atoms with Crippen LogP contribution in [-0.2, 0) is 0 Å². The third-order valence-corrected chi connectivity index (χ3v) is 2.12. The number of likely N-dealkylation sites (tertiary alicyclic amines) is 1. The van der Waals surface area contributed by atoms with Crippen LogP contribution in [0.15, 0.2) is 0 Å². The fourth-order valence-corrected chi connectivity index (χ4v) is 1.22. The summed E-state index contributed by atoms with van der Waals surface area (Å²) in [6.07, 6.45) is 1.18. The van der Waals surface area contributed by atoms with Crippen LogP contribution in [0, 0.1) is 5.41 Å². The normalized spacial score (nSPS) is 21.8. The lowest BCUT2D eigenvalue weighted by molar-refractivity contribution is -0.00288. The van der Waals surface area contributed by atoms with E-state index >= 15 is 0 Å². The molecule has 1 N–H and O–H groups in total. The van der Waals surface area contributed by atoms with E-state index in [0.717, 1.165) is 19.6 Å². The van der Waals surface area contributed by atoms with Gasteiger partial charge in [-0.25, -0.2) is 0 Å². The van der Waals surface area contributed by atoms with Gasteiger partial charge in [0.15, 0.2) is 0 Å². The van der Waals surface area contributed by atoms with Crippen molar-refractivity contribution in [2.75, 3.05) is 19.6 Å². The summed E-state index contributed by atoms with van der Waals surface area (Å²) in [5.41, 5.74) is 0.431. The zero-order chi connectivity index (χ0) is 8.48. The average molecular weight is 157 g/mol. The summed E-state index contributed by atoms with van der Waals surface area (Å²) >= 11 is 0. The van der Waals surface area contributed by atoms with Crippen LogP contribution in [0.25, 0.3) is 0 Å². The van der Waals surface area contributed by atoms with E-state index in [4.69, 9.17) is 5.11 Å². The second-order valence-electron chi connectivity index (χ2n) is 4.72. The first-order valence-corrected chi connectivity index (χ1v) is 4.38. The van der Waals surface area contributed by atoms with E-state index in [1.165, 1.54) is 6.42 Å². The number of aliphatic hydroxyl groups is 1. The van der Waals surface area contributed by atoms with Gasteiger partial charge in [0, 0.05) is 13.1 Å². The molecule has 0 saturated carbocycles. The van der Waals surface area contributed by atoms with Crippen LogP contribution in [0.5, 0.6) is 0 Å². The summed E-state index contributed by atoms with van der Waals surface area (Å²) in [6.45, 7) is 9.67. The molecule has 2 heteroatoms. The zero-order valence-electron chi connectivity index (χ0n) is 7.80. The second kappa shape index (κ2) is 3.11. The van der Waals surface area contributed by atoms with Gasteiger partial charge in [-0.2, -0.15) is 0 Å². The van der Waals surface area contributed by atoms with Crippen molar-refractivity contribution in [3.63, 3.8) is 0 Å². The largest absolute Gasteiger partial charge is 0.390 e. The topological polar surface area (TPSA) is 23.5 Å². The summed E-state index contributed by atoms with van der Waals surface area (Å²) in [4.78, 5) is 2.30. The Balaban J connectivity index is 2.05. The summed E-state index contributed by atoms with van der Waals surface area (Å²) in [6, 6.07) is 0. The van der Waals surface area contributed by atoms with Crippen LogP contribution >= 0.6 is 0 Å². The van der Waals surface area contributed by atoms with Gasteiger partial charge in [-0.05, 0) is 18.4 Å². The van der Waals surface area contributed by atoms with E-state index in [-0.39, 0.29) is 6.10 Å². The Kier molecular flexibility index (Phi) is 2.55. The minimum atomic E-state index is -0.0463. The van der Waals surface area contributed by atoms with Gasteiger partial charge in [0.05, 0.1) is 6.10 Å². The smallest absolute Gasteiger partial charge is 0.0793 e. The summed E-state index contributed by atoms with van der Waals surface area (Å²) < 4.78 is 0. The SMILES string of the molecule is CC(C)(C)CCN1CC(O)C1. The molecule has 1 aliphatic heterocycles. The standard InChI is InChI=1S/C9H19NO/c1-9(2,3)4-5-10-6-8(11)7-10/h8,11H,4-7H2,1-3H3. The van der Waals surface area contributed by atoms with Crippen molar-refractivity contribution in [1.82, 2.24) is 4.90 Å². The third-order valence-electron chi connectivity index (χ3n) is 2.12. The Morgan fingerprint density at radius 3 is 2.27 bits per heavy atom.